The van der Waals surface area contributed by atoms with Gasteiger partial charge in [0.25, 0.3) is 11.7 Å². The van der Waals surface area contributed by atoms with Crippen LogP contribution in [0.15, 0.2) is 70.9 Å². The van der Waals surface area contributed by atoms with E-state index in [2.05, 4.69) is 6.92 Å². The van der Waals surface area contributed by atoms with Gasteiger partial charge in [0.2, 0.25) is 0 Å². The molecule has 6 nitrogen and oxygen atoms in total. The molecule has 3 aromatic rings. The average Bonchev–Trinajstić information content (AvgIpc) is 3.46. The summed E-state index contributed by atoms with van der Waals surface area (Å²) in [6.45, 7) is 6.68. The summed E-state index contributed by atoms with van der Waals surface area (Å²) in [5.74, 6) is -0.267. The Labute approximate surface area is 205 Å². The fourth-order valence-electron chi connectivity index (χ4n) is 4.38. The fourth-order valence-corrected chi connectivity index (χ4v) is 4.38. The third-order valence-corrected chi connectivity index (χ3v) is 6.31. The average molecular weight is 474 g/mol. The summed E-state index contributed by atoms with van der Waals surface area (Å²) in [5.41, 5.74) is 3.10. The number of aliphatic hydroxyl groups is 1. The highest BCUT2D eigenvalue weighted by Crippen LogP contribution is 2.41. The number of furan rings is 1. The molecule has 0 aliphatic carbocycles. The van der Waals surface area contributed by atoms with E-state index in [0.29, 0.717) is 23.5 Å². The van der Waals surface area contributed by atoms with Gasteiger partial charge in [-0.25, -0.2) is 0 Å². The van der Waals surface area contributed by atoms with Crippen molar-refractivity contribution >= 4 is 17.4 Å². The predicted molar refractivity (Wildman–Crippen MR) is 134 cm³/mol. The molecule has 1 N–H and O–H groups in total. The van der Waals surface area contributed by atoms with Crippen LogP contribution in [0.4, 0.5) is 0 Å². The van der Waals surface area contributed by atoms with Crippen LogP contribution in [0.1, 0.15) is 60.2 Å². The number of likely N-dealkylation sites (tertiary alicyclic amines) is 1. The van der Waals surface area contributed by atoms with Crippen LogP contribution in [0.3, 0.4) is 0 Å². The first kappa shape index (κ1) is 24.3. The van der Waals surface area contributed by atoms with Crippen molar-refractivity contribution in [2.24, 2.45) is 0 Å². The van der Waals surface area contributed by atoms with Gasteiger partial charge >= 0.3 is 0 Å². The summed E-state index contributed by atoms with van der Waals surface area (Å²) in [7, 11) is 0. The normalized spacial score (nSPS) is 17.2. The number of carbonyl (C=O) groups excluding carboxylic acids is 2. The van der Waals surface area contributed by atoms with Crippen molar-refractivity contribution in [1.82, 2.24) is 4.90 Å². The maximum absolute atomic E-state index is 13.2. The molecule has 1 amide bonds. The summed E-state index contributed by atoms with van der Waals surface area (Å²) >= 11 is 0. The van der Waals surface area contributed by atoms with E-state index in [1.807, 2.05) is 56.3 Å². The molecular formula is C29H31NO5. The number of Topliss-reactive ketones (excluding diaryl/α,β-unsaturated/α-hetero) is 1. The Morgan fingerprint density at radius 1 is 1.06 bits per heavy atom. The molecule has 1 aliphatic heterocycles. The second kappa shape index (κ2) is 10.6. The molecule has 2 aromatic carbocycles. The lowest BCUT2D eigenvalue weighted by Gasteiger charge is -2.25. The fraction of sp³-hybridized carbons (Fsp3) is 0.310. The van der Waals surface area contributed by atoms with Crippen LogP contribution in [0, 0.1) is 13.8 Å². The topological polar surface area (TPSA) is 80.0 Å². The molecule has 0 saturated carbocycles. The number of benzene rings is 2. The third kappa shape index (κ3) is 5.16. The second-order valence-corrected chi connectivity index (χ2v) is 8.95. The number of hydrogen-bond donors (Lipinski definition) is 1. The number of ketones is 1. The van der Waals surface area contributed by atoms with E-state index >= 15 is 0 Å². The Kier molecular flexibility index (Phi) is 7.39. The number of aliphatic hydroxyl groups excluding tert-OH is 1. The van der Waals surface area contributed by atoms with Crippen molar-refractivity contribution in [2.75, 3.05) is 6.61 Å². The highest BCUT2D eigenvalue weighted by Gasteiger charge is 2.46. The van der Waals surface area contributed by atoms with E-state index in [0.717, 1.165) is 36.1 Å². The van der Waals surface area contributed by atoms with E-state index in [1.54, 1.807) is 12.1 Å². The van der Waals surface area contributed by atoms with Gasteiger partial charge in [0.1, 0.15) is 17.3 Å². The van der Waals surface area contributed by atoms with Gasteiger partial charge < -0.3 is 19.2 Å². The van der Waals surface area contributed by atoms with Gasteiger partial charge in [-0.05, 0) is 61.7 Å². The van der Waals surface area contributed by atoms with Gasteiger partial charge in [0, 0.05) is 5.56 Å². The van der Waals surface area contributed by atoms with Crippen LogP contribution in [-0.4, -0.2) is 28.3 Å². The third-order valence-electron chi connectivity index (χ3n) is 6.31. The van der Waals surface area contributed by atoms with Gasteiger partial charge in [0.05, 0.1) is 31.0 Å². The van der Waals surface area contributed by atoms with Crippen LogP contribution in [0.25, 0.3) is 5.76 Å². The molecular weight excluding hydrogens is 442 g/mol. The number of rotatable bonds is 9. The minimum atomic E-state index is -0.755. The Bertz CT molecular complexity index is 1220. The van der Waals surface area contributed by atoms with Crippen molar-refractivity contribution < 1.29 is 23.8 Å². The van der Waals surface area contributed by atoms with Crippen molar-refractivity contribution in [1.29, 1.82) is 0 Å². The molecule has 1 unspecified atom stereocenters. The number of unbranched alkanes of at least 4 members (excludes halogenated alkanes) is 2. The minimum absolute atomic E-state index is 0.0758. The van der Waals surface area contributed by atoms with Gasteiger partial charge in [0.15, 0.2) is 0 Å². The molecule has 2 heterocycles. The SMILES string of the molecule is CCCCCOc1ccc(C2C(=C(O)c3cc(C)ccc3C)C(=O)C(=O)N2Cc2ccco2)cc1. The van der Waals surface area contributed by atoms with E-state index in [1.165, 1.54) is 11.2 Å². The maximum Gasteiger partial charge on any atom is 0.296 e. The monoisotopic (exact) mass is 473 g/mol. The number of aryl methyl sites for hydroxylation is 2. The Hall–Kier alpha value is -3.80. The summed E-state index contributed by atoms with van der Waals surface area (Å²) in [5, 5.41) is 11.3. The van der Waals surface area contributed by atoms with E-state index in [4.69, 9.17) is 9.15 Å². The quantitative estimate of drug-likeness (QED) is 0.176. The zero-order chi connectivity index (χ0) is 24.9. The Morgan fingerprint density at radius 3 is 2.51 bits per heavy atom. The zero-order valence-corrected chi connectivity index (χ0v) is 20.4. The van der Waals surface area contributed by atoms with Crippen LogP contribution in [0.5, 0.6) is 5.75 Å². The number of nitrogens with zero attached hydrogens (tertiary/aromatic N) is 1. The largest absolute Gasteiger partial charge is 0.507 e. The predicted octanol–water partition coefficient (Wildman–Crippen LogP) is 6.09. The molecule has 0 bridgehead atoms. The summed E-state index contributed by atoms with van der Waals surface area (Å²) in [4.78, 5) is 27.8. The number of amides is 1. The Morgan fingerprint density at radius 2 is 1.83 bits per heavy atom. The van der Waals surface area contributed by atoms with E-state index < -0.39 is 17.7 Å². The second-order valence-electron chi connectivity index (χ2n) is 8.95. The van der Waals surface area contributed by atoms with Crippen LogP contribution in [-0.2, 0) is 16.1 Å². The highest BCUT2D eigenvalue weighted by molar-refractivity contribution is 6.46. The molecule has 0 spiro atoms. The molecule has 1 saturated heterocycles. The lowest BCUT2D eigenvalue weighted by molar-refractivity contribution is -0.140. The first-order valence-electron chi connectivity index (χ1n) is 12.0. The van der Waals surface area contributed by atoms with Crippen LogP contribution >= 0.6 is 0 Å². The van der Waals surface area contributed by atoms with Gasteiger partial charge in [-0.1, -0.05) is 49.6 Å². The van der Waals surface area contributed by atoms with Crippen molar-refractivity contribution in [3.63, 3.8) is 0 Å². The molecule has 1 atom stereocenters. The highest BCUT2D eigenvalue weighted by atomic mass is 16.5. The molecule has 35 heavy (non-hydrogen) atoms. The first-order valence-corrected chi connectivity index (χ1v) is 12.0. The zero-order valence-electron chi connectivity index (χ0n) is 20.4. The molecule has 4 rings (SSSR count). The summed E-state index contributed by atoms with van der Waals surface area (Å²) in [6, 6.07) is 15.8. The van der Waals surface area contributed by atoms with Gasteiger partial charge in [-0.15, -0.1) is 0 Å². The van der Waals surface area contributed by atoms with Crippen molar-refractivity contribution in [3.8, 4) is 5.75 Å². The molecule has 1 fully saturated rings. The number of hydrogen-bond acceptors (Lipinski definition) is 5. The standard InChI is InChI=1S/C29H31NO5/c1-4-5-6-15-34-22-13-11-21(12-14-22)26-25(27(31)24-17-19(2)9-10-20(24)3)28(32)29(33)30(26)18-23-8-7-16-35-23/h7-14,16-17,26,31H,4-6,15,18H2,1-3H3. The van der Waals surface area contributed by atoms with E-state index in [-0.39, 0.29) is 17.9 Å². The van der Waals surface area contributed by atoms with Crippen LogP contribution < -0.4 is 4.74 Å². The molecule has 1 aromatic heterocycles. The molecule has 182 valence electrons. The number of ether oxygens (including phenoxy) is 1. The lowest BCUT2D eigenvalue weighted by Crippen LogP contribution is -2.29. The summed E-state index contributed by atoms with van der Waals surface area (Å²) in [6.07, 6.45) is 4.74. The van der Waals surface area contributed by atoms with Crippen LogP contribution in [0.2, 0.25) is 0 Å². The maximum atomic E-state index is 13.2. The van der Waals surface area contributed by atoms with Crippen molar-refractivity contribution in [3.05, 3.63) is 94.4 Å². The smallest absolute Gasteiger partial charge is 0.296 e. The molecule has 1 aliphatic rings. The number of carbonyl (C=O) groups is 2. The van der Waals surface area contributed by atoms with Gasteiger partial charge in [-0.2, -0.15) is 0 Å². The molecule has 6 heteroatoms. The minimum Gasteiger partial charge on any atom is -0.507 e. The molecule has 0 radical (unpaired) electrons. The van der Waals surface area contributed by atoms with E-state index in [9.17, 15) is 14.7 Å². The van der Waals surface area contributed by atoms with Crippen molar-refractivity contribution in [2.45, 2.75) is 52.6 Å². The van der Waals surface area contributed by atoms with Gasteiger partial charge in [-0.3, -0.25) is 9.59 Å². The first-order chi connectivity index (χ1) is 16.9. The lowest BCUT2D eigenvalue weighted by atomic mass is 9.93. The summed E-state index contributed by atoms with van der Waals surface area (Å²) < 4.78 is 11.3. The Balaban J connectivity index is 1.75.